The first-order chi connectivity index (χ1) is 14.8. The topological polar surface area (TPSA) is 90.9 Å². The van der Waals surface area contributed by atoms with Gasteiger partial charge < -0.3 is 19.5 Å². The van der Waals surface area contributed by atoms with E-state index in [1.165, 1.54) is 25.6 Å². The molecule has 1 aliphatic carbocycles. The number of anilines is 1. The van der Waals surface area contributed by atoms with Gasteiger partial charge in [0.2, 0.25) is 5.91 Å². The molecule has 2 aromatic rings. The first kappa shape index (κ1) is 22.8. The van der Waals surface area contributed by atoms with E-state index >= 15 is 0 Å². The van der Waals surface area contributed by atoms with Gasteiger partial charge in [-0.2, -0.15) is 0 Å². The summed E-state index contributed by atoms with van der Waals surface area (Å²) in [5, 5.41) is 3.25. The Morgan fingerprint density at radius 1 is 1.16 bits per heavy atom. The second-order valence-corrected chi connectivity index (χ2v) is 8.62. The van der Waals surface area contributed by atoms with Crippen molar-refractivity contribution < 1.29 is 28.6 Å². The number of hydrogen-bond acceptors (Lipinski definition) is 7. The van der Waals surface area contributed by atoms with Gasteiger partial charge in [0.05, 0.1) is 32.3 Å². The van der Waals surface area contributed by atoms with Crippen LogP contribution in [0.4, 0.5) is 5.00 Å². The summed E-state index contributed by atoms with van der Waals surface area (Å²) >= 11 is 1.32. The fourth-order valence-corrected chi connectivity index (χ4v) is 4.98. The molecule has 7 nitrogen and oxygen atoms in total. The summed E-state index contributed by atoms with van der Waals surface area (Å²) in [5.41, 5.74) is 3.04. The first-order valence-electron chi connectivity index (χ1n) is 10.2. The summed E-state index contributed by atoms with van der Waals surface area (Å²) in [7, 11) is 2.61. The van der Waals surface area contributed by atoms with Crippen LogP contribution in [0.15, 0.2) is 18.2 Å². The minimum atomic E-state index is -0.568. The summed E-state index contributed by atoms with van der Waals surface area (Å²) in [6.07, 6.45) is 2.02. The molecule has 0 fully saturated rings. The monoisotopic (exact) mass is 445 g/mol. The van der Waals surface area contributed by atoms with Crippen LogP contribution in [0, 0.1) is 13.8 Å². The molecule has 0 radical (unpaired) electrons. The highest BCUT2D eigenvalue weighted by atomic mass is 32.1. The van der Waals surface area contributed by atoms with Gasteiger partial charge in [-0.25, -0.2) is 4.79 Å². The molecule has 1 unspecified atom stereocenters. The normalized spacial score (nSPS) is 14.6. The Morgan fingerprint density at radius 3 is 2.65 bits per heavy atom. The van der Waals surface area contributed by atoms with Gasteiger partial charge in [0.1, 0.15) is 10.8 Å². The molecule has 0 bridgehead atoms. The quantitative estimate of drug-likeness (QED) is 0.485. The van der Waals surface area contributed by atoms with E-state index in [2.05, 4.69) is 5.32 Å². The SMILES string of the molecule is COC(=O)c1c(NC(=O)CCCOc2cc(C)ccc2C)sc2c1C(C(=O)OC)CC2. The molecule has 1 amide bonds. The van der Waals surface area contributed by atoms with Gasteiger partial charge >= 0.3 is 11.9 Å². The number of rotatable bonds is 8. The Labute approximate surface area is 185 Å². The van der Waals surface area contributed by atoms with Crippen LogP contribution in [0.5, 0.6) is 5.75 Å². The molecular weight excluding hydrogens is 418 g/mol. The summed E-state index contributed by atoms with van der Waals surface area (Å²) < 4.78 is 15.6. The maximum absolute atomic E-state index is 12.5. The molecule has 166 valence electrons. The number of benzene rings is 1. The Kier molecular flexibility index (Phi) is 7.33. The van der Waals surface area contributed by atoms with Gasteiger partial charge in [-0.05, 0) is 55.9 Å². The Morgan fingerprint density at radius 2 is 1.94 bits per heavy atom. The molecule has 1 atom stereocenters. The largest absolute Gasteiger partial charge is 0.493 e. The molecule has 1 N–H and O–H groups in total. The zero-order chi connectivity index (χ0) is 22.5. The molecule has 0 aliphatic heterocycles. The second-order valence-electron chi connectivity index (χ2n) is 7.52. The third-order valence-electron chi connectivity index (χ3n) is 5.31. The minimum Gasteiger partial charge on any atom is -0.493 e. The van der Waals surface area contributed by atoms with Crippen molar-refractivity contribution in [2.75, 3.05) is 26.1 Å². The van der Waals surface area contributed by atoms with E-state index in [-0.39, 0.29) is 23.9 Å². The Bertz CT molecular complexity index is 996. The molecule has 31 heavy (non-hydrogen) atoms. The van der Waals surface area contributed by atoms with Crippen LogP contribution < -0.4 is 10.1 Å². The van der Waals surface area contributed by atoms with E-state index < -0.39 is 11.9 Å². The van der Waals surface area contributed by atoms with Crippen LogP contribution in [0.2, 0.25) is 0 Å². The van der Waals surface area contributed by atoms with Gasteiger partial charge in [-0.15, -0.1) is 11.3 Å². The van der Waals surface area contributed by atoms with E-state index in [0.717, 1.165) is 21.8 Å². The second kappa shape index (κ2) is 9.96. The average Bonchev–Trinajstić information content (AvgIpc) is 3.31. The van der Waals surface area contributed by atoms with Crippen LogP contribution >= 0.6 is 11.3 Å². The van der Waals surface area contributed by atoms with Gasteiger partial charge in [0.25, 0.3) is 0 Å². The molecule has 8 heteroatoms. The number of amides is 1. The van der Waals surface area contributed by atoms with Crippen molar-refractivity contribution in [2.45, 2.75) is 45.4 Å². The van der Waals surface area contributed by atoms with Crippen molar-refractivity contribution in [3.8, 4) is 5.75 Å². The third-order valence-corrected chi connectivity index (χ3v) is 6.49. The predicted octanol–water partition coefficient (Wildman–Crippen LogP) is 4.15. The number of thiophene rings is 1. The summed E-state index contributed by atoms with van der Waals surface area (Å²) in [6, 6.07) is 6.00. The molecule has 1 heterocycles. The fraction of sp³-hybridized carbons (Fsp3) is 0.435. The van der Waals surface area contributed by atoms with Crippen LogP contribution in [0.25, 0.3) is 0 Å². The molecule has 0 saturated carbocycles. The third kappa shape index (κ3) is 5.07. The van der Waals surface area contributed by atoms with Crippen molar-refractivity contribution in [2.24, 2.45) is 0 Å². The number of fused-ring (bicyclic) bond motifs is 1. The number of aryl methyl sites for hydroxylation is 3. The van der Waals surface area contributed by atoms with Crippen molar-refractivity contribution in [1.82, 2.24) is 0 Å². The lowest BCUT2D eigenvalue weighted by Gasteiger charge is -2.12. The van der Waals surface area contributed by atoms with Gasteiger partial charge in [0, 0.05) is 11.3 Å². The number of methoxy groups -OCH3 is 2. The smallest absolute Gasteiger partial charge is 0.341 e. The van der Waals surface area contributed by atoms with Gasteiger partial charge in [-0.1, -0.05) is 12.1 Å². The van der Waals surface area contributed by atoms with Crippen LogP contribution in [-0.2, 0) is 25.5 Å². The van der Waals surface area contributed by atoms with Crippen LogP contribution in [0.3, 0.4) is 0 Å². The van der Waals surface area contributed by atoms with E-state index in [1.54, 1.807) is 0 Å². The van der Waals surface area contributed by atoms with E-state index in [4.69, 9.17) is 14.2 Å². The molecule has 1 aromatic carbocycles. The standard InChI is InChI=1S/C23H27NO6S/c1-13-7-8-14(2)16(12-13)30-11-5-6-18(25)24-21-20(23(27)29-4)19-15(22(26)28-3)9-10-17(19)31-21/h7-8,12,15H,5-6,9-11H2,1-4H3,(H,24,25). The van der Waals surface area contributed by atoms with Crippen LogP contribution in [0.1, 0.15) is 57.1 Å². The predicted molar refractivity (Wildman–Crippen MR) is 118 cm³/mol. The zero-order valence-electron chi connectivity index (χ0n) is 18.2. The average molecular weight is 446 g/mol. The fourth-order valence-electron chi connectivity index (χ4n) is 3.70. The molecule has 0 saturated heterocycles. The molecular formula is C23H27NO6S. The van der Waals surface area contributed by atoms with Crippen LogP contribution in [-0.4, -0.2) is 38.7 Å². The van der Waals surface area contributed by atoms with Gasteiger partial charge in [0.15, 0.2) is 0 Å². The number of carbonyl (C=O) groups excluding carboxylic acids is 3. The van der Waals surface area contributed by atoms with Crippen molar-refractivity contribution in [3.63, 3.8) is 0 Å². The highest BCUT2D eigenvalue weighted by Gasteiger charge is 2.38. The first-order valence-corrected chi connectivity index (χ1v) is 11.0. The summed E-state index contributed by atoms with van der Waals surface area (Å²) in [5.74, 6) is -0.867. The Hall–Kier alpha value is -2.87. The van der Waals surface area contributed by atoms with E-state index in [1.807, 2.05) is 32.0 Å². The number of nitrogens with one attached hydrogen (secondary N) is 1. The molecule has 1 aliphatic rings. The lowest BCUT2D eigenvalue weighted by molar-refractivity contribution is -0.142. The highest BCUT2D eigenvalue weighted by molar-refractivity contribution is 7.17. The van der Waals surface area contributed by atoms with Gasteiger partial charge in [-0.3, -0.25) is 9.59 Å². The van der Waals surface area contributed by atoms with Crippen molar-refractivity contribution >= 4 is 34.2 Å². The number of ether oxygens (including phenoxy) is 3. The number of hydrogen-bond donors (Lipinski definition) is 1. The number of carbonyl (C=O) groups is 3. The lowest BCUT2D eigenvalue weighted by atomic mass is 9.99. The Balaban J connectivity index is 1.64. The maximum atomic E-state index is 12.5. The van der Waals surface area contributed by atoms with Crippen molar-refractivity contribution in [1.29, 1.82) is 0 Å². The highest BCUT2D eigenvalue weighted by Crippen LogP contribution is 2.45. The molecule has 0 spiro atoms. The van der Waals surface area contributed by atoms with E-state index in [0.29, 0.717) is 36.4 Å². The lowest BCUT2D eigenvalue weighted by Crippen LogP contribution is -2.18. The summed E-state index contributed by atoms with van der Waals surface area (Å²) in [4.78, 5) is 38.0. The molecule has 3 rings (SSSR count). The number of esters is 2. The maximum Gasteiger partial charge on any atom is 0.341 e. The van der Waals surface area contributed by atoms with Crippen molar-refractivity contribution in [3.05, 3.63) is 45.3 Å². The van der Waals surface area contributed by atoms with E-state index in [9.17, 15) is 14.4 Å². The molecule has 1 aromatic heterocycles. The zero-order valence-corrected chi connectivity index (χ0v) is 19.0. The minimum absolute atomic E-state index is 0.218. The summed E-state index contributed by atoms with van der Waals surface area (Å²) in [6.45, 7) is 4.39.